The van der Waals surface area contributed by atoms with Crippen molar-refractivity contribution in [2.75, 3.05) is 0 Å². The van der Waals surface area contributed by atoms with E-state index in [-0.39, 0.29) is 17.2 Å². The van der Waals surface area contributed by atoms with Gasteiger partial charge in [-0.3, -0.25) is 4.79 Å². The third-order valence-electron chi connectivity index (χ3n) is 10.2. The van der Waals surface area contributed by atoms with E-state index in [1.807, 2.05) is 0 Å². The summed E-state index contributed by atoms with van der Waals surface area (Å²) in [6.07, 6.45) is 4.59. The highest BCUT2D eigenvalue weighted by atomic mass is 19.4. The lowest BCUT2D eigenvalue weighted by atomic mass is 9.68. The van der Waals surface area contributed by atoms with Gasteiger partial charge in [0, 0.05) is 6.42 Å². The van der Waals surface area contributed by atoms with Crippen LogP contribution in [0, 0.1) is 23.7 Å². The van der Waals surface area contributed by atoms with Crippen LogP contribution in [0.15, 0.2) is 24.3 Å². The maximum atomic E-state index is 14.1. The van der Waals surface area contributed by atoms with E-state index in [0.717, 1.165) is 43.0 Å². The molecular weight excluding hydrogens is 687 g/mol. The van der Waals surface area contributed by atoms with E-state index in [1.165, 1.54) is 64.2 Å². The summed E-state index contributed by atoms with van der Waals surface area (Å²) in [5.41, 5.74) is -0.252. The number of carbonyl (C=O) groups is 1. The molecule has 0 bridgehead atoms. The van der Waals surface area contributed by atoms with Crippen LogP contribution in [0.3, 0.4) is 0 Å². The molecule has 0 amide bonds. The summed E-state index contributed by atoms with van der Waals surface area (Å²) in [5.74, 6) is -35.9. The van der Waals surface area contributed by atoms with Gasteiger partial charge >= 0.3 is 41.8 Å². The first kappa shape index (κ1) is 41.2. The molecule has 0 radical (unpaired) electrons. The van der Waals surface area contributed by atoms with Crippen LogP contribution in [0.5, 0.6) is 5.75 Å². The first-order valence-electron chi connectivity index (χ1n) is 16.9. The smallest absolute Gasteiger partial charge is 0.426 e. The Balaban J connectivity index is 1.47. The van der Waals surface area contributed by atoms with E-state index in [1.54, 1.807) is 0 Å². The molecule has 2 nitrogen and oxygen atoms in total. The Bertz CT molecular complexity index is 1180. The summed E-state index contributed by atoms with van der Waals surface area (Å²) in [5, 5.41) is 0. The molecule has 15 heteroatoms. The van der Waals surface area contributed by atoms with Crippen LogP contribution < -0.4 is 4.74 Å². The Morgan fingerprint density at radius 1 is 0.633 bits per heavy atom. The zero-order valence-electron chi connectivity index (χ0n) is 27.2. The second-order valence-electron chi connectivity index (χ2n) is 13.7. The molecule has 0 spiro atoms. The van der Waals surface area contributed by atoms with Crippen LogP contribution in [0.4, 0.5) is 57.1 Å². The van der Waals surface area contributed by atoms with Crippen molar-refractivity contribution in [3.63, 3.8) is 0 Å². The fourth-order valence-electron chi connectivity index (χ4n) is 7.00. The molecule has 0 atom stereocenters. The normalized spacial score (nSPS) is 23.4. The van der Waals surface area contributed by atoms with Gasteiger partial charge in [0.25, 0.3) is 0 Å². The van der Waals surface area contributed by atoms with E-state index in [2.05, 4.69) is 6.92 Å². The van der Waals surface area contributed by atoms with Crippen LogP contribution in [-0.4, -0.2) is 41.8 Å². The van der Waals surface area contributed by atoms with Gasteiger partial charge in [0.1, 0.15) is 5.75 Å². The molecule has 2 saturated carbocycles. The minimum atomic E-state index is -7.91. The van der Waals surface area contributed by atoms with Crippen molar-refractivity contribution >= 4 is 5.97 Å². The highest BCUT2D eigenvalue weighted by molar-refractivity contribution is 5.75. The lowest BCUT2D eigenvalue weighted by Gasteiger charge is -2.39. The summed E-state index contributed by atoms with van der Waals surface area (Å²) >= 11 is 0. The van der Waals surface area contributed by atoms with Crippen molar-refractivity contribution in [3.8, 4) is 5.75 Å². The zero-order chi connectivity index (χ0) is 36.9. The van der Waals surface area contributed by atoms with Gasteiger partial charge in [-0.1, -0.05) is 70.4 Å². The first-order valence-corrected chi connectivity index (χ1v) is 16.9. The number of hydrogen-bond donors (Lipinski definition) is 0. The third kappa shape index (κ3) is 9.18. The lowest BCUT2D eigenvalue weighted by molar-refractivity contribution is -0.440. The van der Waals surface area contributed by atoms with E-state index in [4.69, 9.17) is 4.74 Å². The van der Waals surface area contributed by atoms with Gasteiger partial charge in [0.05, 0.1) is 5.92 Å². The molecule has 2 aliphatic rings. The highest BCUT2D eigenvalue weighted by Crippen LogP contribution is 2.60. The molecule has 2 fully saturated rings. The summed E-state index contributed by atoms with van der Waals surface area (Å²) in [7, 11) is 0. The molecular formula is C34H43F13O2. The molecule has 0 N–H and O–H groups in total. The van der Waals surface area contributed by atoms with Crippen LogP contribution in [-0.2, 0) is 11.2 Å². The van der Waals surface area contributed by atoms with Gasteiger partial charge in [0.2, 0.25) is 0 Å². The number of unbranched alkanes of at least 4 members (excludes halogenated alkanes) is 4. The Morgan fingerprint density at radius 3 is 1.63 bits per heavy atom. The second kappa shape index (κ2) is 16.0. The number of rotatable bonds is 16. The molecule has 282 valence electrons. The molecule has 0 unspecified atom stereocenters. The van der Waals surface area contributed by atoms with Crippen molar-refractivity contribution < 1.29 is 66.6 Å². The second-order valence-corrected chi connectivity index (χ2v) is 13.7. The average Bonchev–Trinajstić information content (AvgIpc) is 3.04. The number of halogens is 13. The van der Waals surface area contributed by atoms with E-state index >= 15 is 0 Å². The fourth-order valence-corrected chi connectivity index (χ4v) is 7.00. The molecule has 49 heavy (non-hydrogen) atoms. The highest BCUT2D eigenvalue weighted by Gasteiger charge is 2.90. The largest absolute Gasteiger partial charge is 0.460 e. The Labute approximate surface area is 277 Å². The number of carbonyl (C=O) groups excluding carboxylic acids is 1. The zero-order valence-corrected chi connectivity index (χ0v) is 27.2. The maximum absolute atomic E-state index is 14.1. The van der Waals surface area contributed by atoms with E-state index in [0.29, 0.717) is 24.7 Å². The van der Waals surface area contributed by atoms with Crippen molar-refractivity contribution in [1.82, 2.24) is 0 Å². The van der Waals surface area contributed by atoms with Gasteiger partial charge in [-0.05, 0) is 80.4 Å². The fraction of sp³-hybridized carbons (Fsp3) is 0.794. The number of ether oxygens (including phenoxy) is 1. The van der Waals surface area contributed by atoms with Crippen molar-refractivity contribution in [2.45, 2.75) is 145 Å². The number of alkyl halides is 13. The lowest BCUT2D eigenvalue weighted by Crippen LogP contribution is -2.70. The predicted molar refractivity (Wildman–Crippen MR) is 155 cm³/mol. The van der Waals surface area contributed by atoms with E-state index in [9.17, 15) is 61.9 Å². The first-order chi connectivity index (χ1) is 22.6. The molecule has 1 aromatic carbocycles. The SMILES string of the molecule is CCCCCCC[C@H]1CC[C@H]([C@H]2CC[C@H](C(=O)Oc3ccc(CCC(F)(F)C(F)(F)C(F)(F)C(F)(F)C(F)(F)C(F)(F)F)cc3)CC2)CC1. The molecule has 3 rings (SSSR count). The third-order valence-corrected chi connectivity index (χ3v) is 10.2. The predicted octanol–water partition coefficient (Wildman–Crippen LogP) is 12.2. The average molecular weight is 731 g/mol. The minimum absolute atomic E-state index is 0.0402. The molecule has 1 aromatic rings. The molecule has 0 aliphatic heterocycles. The minimum Gasteiger partial charge on any atom is -0.426 e. The van der Waals surface area contributed by atoms with Gasteiger partial charge in [-0.2, -0.15) is 57.1 Å². The van der Waals surface area contributed by atoms with Crippen molar-refractivity contribution in [2.24, 2.45) is 23.7 Å². The van der Waals surface area contributed by atoms with Crippen LogP contribution >= 0.6 is 0 Å². The van der Waals surface area contributed by atoms with Crippen LogP contribution in [0.25, 0.3) is 0 Å². The van der Waals surface area contributed by atoms with E-state index < -0.39 is 54.6 Å². The molecule has 0 heterocycles. The Kier molecular flexibility index (Phi) is 13.4. The summed E-state index contributed by atoms with van der Waals surface area (Å²) in [6, 6.07) is 4.20. The standard InChI is InChI=1S/C34H43F13O2/c1-2-3-4-5-6-7-22-8-12-24(13-9-22)25-14-16-26(17-15-25)28(48)49-27-18-10-23(11-19-27)20-21-29(35,36)30(37,38)31(39,40)32(41,42)33(43,44)34(45,46)47/h10-11,18-19,22,24-26H,2-9,12-17,20-21H2,1H3/t22-,24-,25-,26-. The summed E-state index contributed by atoms with van der Waals surface area (Å²) in [4.78, 5) is 12.8. The molecule has 2 aliphatic carbocycles. The van der Waals surface area contributed by atoms with Crippen LogP contribution in [0.2, 0.25) is 0 Å². The van der Waals surface area contributed by atoms with Crippen LogP contribution in [0.1, 0.15) is 109 Å². The molecule has 0 aromatic heterocycles. The monoisotopic (exact) mass is 730 g/mol. The van der Waals surface area contributed by atoms with Crippen molar-refractivity contribution in [3.05, 3.63) is 29.8 Å². The summed E-state index contributed by atoms with van der Waals surface area (Å²) < 4.78 is 179. The van der Waals surface area contributed by atoms with Gasteiger partial charge in [-0.15, -0.1) is 0 Å². The number of esters is 1. The Hall–Kier alpha value is -2.22. The van der Waals surface area contributed by atoms with Gasteiger partial charge < -0.3 is 4.74 Å². The maximum Gasteiger partial charge on any atom is 0.460 e. The van der Waals surface area contributed by atoms with Gasteiger partial charge in [-0.25, -0.2) is 0 Å². The number of hydrogen-bond acceptors (Lipinski definition) is 2. The number of benzene rings is 1. The summed E-state index contributed by atoms with van der Waals surface area (Å²) in [6.45, 7) is 2.20. The van der Waals surface area contributed by atoms with Crippen molar-refractivity contribution in [1.29, 1.82) is 0 Å². The number of aryl methyl sites for hydroxylation is 1. The Morgan fingerprint density at radius 2 is 1.12 bits per heavy atom. The topological polar surface area (TPSA) is 26.3 Å². The van der Waals surface area contributed by atoms with Gasteiger partial charge in [0.15, 0.2) is 0 Å². The quantitative estimate of drug-likeness (QED) is 0.0733. The molecule has 0 saturated heterocycles.